The van der Waals surface area contributed by atoms with Gasteiger partial charge in [0.1, 0.15) is 11.7 Å². The van der Waals surface area contributed by atoms with Crippen molar-refractivity contribution in [1.82, 2.24) is 0 Å². The molecule has 0 saturated heterocycles. The van der Waals surface area contributed by atoms with E-state index in [0.29, 0.717) is 11.3 Å². The van der Waals surface area contributed by atoms with Gasteiger partial charge in [-0.05, 0) is 24.6 Å². The van der Waals surface area contributed by atoms with Crippen molar-refractivity contribution in [3.63, 3.8) is 0 Å². The molecule has 1 fully saturated rings. The fraction of sp³-hybridized carbons (Fsp3) is 0.500. The predicted octanol–water partition coefficient (Wildman–Crippen LogP) is 1.08. The minimum atomic E-state index is -1.65. The van der Waals surface area contributed by atoms with Crippen molar-refractivity contribution < 1.29 is 33.7 Å². The van der Waals surface area contributed by atoms with E-state index >= 15 is 0 Å². The number of carbonyl (C=O) groups is 3. The topological polar surface area (TPSA) is 99.1 Å². The maximum absolute atomic E-state index is 12.6. The zero-order chi connectivity index (χ0) is 18.8. The molecular weight excluding hydrogens is 328 g/mol. The first-order chi connectivity index (χ1) is 11.8. The van der Waals surface area contributed by atoms with E-state index < -0.39 is 41.1 Å². The molecule has 1 aromatic carbocycles. The lowest BCUT2D eigenvalue weighted by Gasteiger charge is -2.43. The Morgan fingerprint density at radius 1 is 1.16 bits per heavy atom. The lowest BCUT2D eigenvalue weighted by molar-refractivity contribution is -0.170. The van der Waals surface area contributed by atoms with Crippen molar-refractivity contribution in [3.8, 4) is 5.75 Å². The molecule has 25 heavy (non-hydrogen) atoms. The van der Waals surface area contributed by atoms with Gasteiger partial charge in [0.15, 0.2) is 5.78 Å². The molecule has 1 aliphatic rings. The molecule has 2 rings (SSSR count). The van der Waals surface area contributed by atoms with Crippen LogP contribution in [0.4, 0.5) is 0 Å². The smallest absolute Gasteiger partial charge is 0.316 e. The highest BCUT2D eigenvalue weighted by Crippen LogP contribution is 2.47. The van der Waals surface area contributed by atoms with E-state index in [1.54, 1.807) is 24.3 Å². The highest BCUT2D eigenvalue weighted by atomic mass is 16.5. The third-order valence-electron chi connectivity index (χ3n) is 4.66. The van der Waals surface area contributed by atoms with Crippen LogP contribution in [0.2, 0.25) is 0 Å². The monoisotopic (exact) mass is 350 g/mol. The normalized spacial score (nSPS) is 29.0. The first-order valence-electron chi connectivity index (χ1n) is 7.81. The average Bonchev–Trinajstić information content (AvgIpc) is 2.59. The summed E-state index contributed by atoms with van der Waals surface area (Å²) in [6.45, 7) is 1.40. The summed E-state index contributed by atoms with van der Waals surface area (Å²) in [5, 5.41) is 10.7. The number of benzene rings is 1. The van der Waals surface area contributed by atoms with Crippen molar-refractivity contribution in [3.05, 3.63) is 29.8 Å². The van der Waals surface area contributed by atoms with Crippen LogP contribution >= 0.6 is 0 Å². The number of aliphatic hydroxyl groups is 1. The number of hydrogen-bond acceptors (Lipinski definition) is 7. The number of hydrogen-bond donors (Lipinski definition) is 1. The molecule has 0 bridgehead atoms. The minimum absolute atomic E-state index is 0.340. The van der Waals surface area contributed by atoms with Gasteiger partial charge in [0.05, 0.1) is 32.8 Å². The molecule has 136 valence electrons. The quantitative estimate of drug-likeness (QED) is 0.641. The highest BCUT2D eigenvalue weighted by Gasteiger charge is 2.56. The van der Waals surface area contributed by atoms with Gasteiger partial charge in [-0.2, -0.15) is 0 Å². The van der Waals surface area contributed by atoms with E-state index in [-0.39, 0.29) is 6.42 Å². The first-order valence-corrected chi connectivity index (χ1v) is 7.81. The third kappa shape index (κ3) is 3.51. The van der Waals surface area contributed by atoms with Crippen molar-refractivity contribution in [2.24, 2.45) is 11.8 Å². The van der Waals surface area contributed by atoms with Gasteiger partial charge in [-0.3, -0.25) is 14.4 Å². The molecule has 7 heteroatoms. The number of carbonyl (C=O) groups excluding carboxylic acids is 3. The number of esters is 2. The summed E-state index contributed by atoms with van der Waals surface area (Å²) in [6, 6.07) is 6.69. The van der Waals surface area contributed by atoms with Gasteiger partial charge in [-0.15, -0.1) is 0 Å². The van der Waals surface area contributed by atoms with E-state index in [1.807, 2.05) is 0 Å². The maximum atomic E-state index is 12.6. The van der Waals surface area contributed by atoms with Crippen LogP contribution in [0.3, 0.4) is 0 Å². The molecule has 0 amide bonds. The Bertz CT molecular complexity index is 680. The zero-order valence-corrected chi connectivity index (χ0v) is 14.6. The predicted molar refractivity (Wildman–Crippen MR) is 87.0 cm³/mol. The summed E-state index contributed by atoms with van der Waals surface area (Å²) >= 11 is 0. The summed E-state index contributed by atoms with van der Waals surface area (Å²) in [5.74, 6) is -4.66. The van der Waals surface area contributed by atoms with Crippen LogP contribution in [0, 0.1) is 11.8 Å². The zero-order valence-electron chi connectivity index (χ0n) is 14.6. The minimum Gasteiger partial charge on any atom is -0.497 e. The van der Waals surface area contributed by atoms with E-state index in [0.717, 1.165) is 0 Å². The van der Waals surface area contributed by atoms with Gasteiger partial charge < -0.3 is 19.3 Å². The molecule has 0 unspecified atom stereocenters. The molecule has 0 aliphatic heterocycles. The molecule has 1 N–H and O–H groups in total. The van der Waals surface area contributed by atoms with Gasteiger partial charge >= 0.3 is 11.9 Å². The van der Waals surface area contributed by atoms with E-state index in [4.69, 9.17) is 14.2 Å². The van der Waals surface area contributed by atoms with Crippen LogP contribution in [0.25, 0.3) is 0 Å². The van der Waals surface area contributed by atoms with Crippen LogP contribution in [0.15, 0.2) is 24.3 Å². The summed E-state index contributed by atoms with van der Waals surface area (Å²) in [4.78, 5) is 37.2. The van der Waals surface area contributed by atoms with E-state index in [1.165, 1.54) is 28.3 Å². The van der Waals surface area contributed by atoms with Crippen molar-refractivity contribution in [2.75, 3.05) is 21.3 Å². The second kappa shape index (κ2) is 7.23. The molecular formula is C18H22O7. The van der Waals surface area contributed by atoms with E-state index in [2.05, 4.69) is 0 Å². The second-order valence-corrected chi connectivity index (χ2v) is 6.30. The van der Waals surface area contributed by atoms with Crippen LogP contribution in [-0.4, -0.2) is 49.8 Å². The Morgan fingerprint density at radius 2 is 1.80 bits per heavy atom. The molecule has 1 aromatic rings. The van der Waals surface area contributed by atoms with Gasteiger partial charge in [0.25, 0.3) is 0 Å². The van der Waals surface area contributed by atoms with Crippen LogP contribution in [-0.2, 0) is 23.9 Å². The van der Waals surface area contributed by atoms with E-state index in [9.17, 15) is 19.5 Å². The molecule has 1 saturated carbocycles. The lowest BCUT2D eigenvalue weighted by atomic mass is 9.61. The number of rotatable bonds is 4. The van der Waals surface area contributed by atoms with Crippen LogP contribution < -0.4 is 4.74 Å². The number of ether oxygens (including phenoxy) is 3. The molecule has 0 radical (unpaired) electrons. The van der Waals surface area contributed by atoms with Crippen molar-refractivity contribution in [1.29, 1.82) is 0 Å². The van der Waals surface area contributed by atoms with Crippen LogP contribution in [0.5, 0.6) is 5.75 Å². The second-order valence-electron chi connectivity index (χ2n) is 6.30. The van der Waals surface area contributed by atoms with Gasteiger partial charge in [0, 0.05) is 12.3 Å². The molecule has 7 nitrogen and oxygen atoms in total. The van der Waals surface area contributed by atoms with Gasteiger partial charge in [0.2, 0.25) is 0 Å². The Balaban J connectivity index is 2.66. The first kappa shape index (κ1) is 18.9. The van der Waals surface area contributed by atoms with Crippen molar-refractivity contribution >= 4 is 17.7 Å². The fourth-order valence-corrected chi connectivity index (χ4v) is 3.52. The summed E-state index contributed by atoms with van der Waals surface area (Å²) < 4.78 is 14.8. The Hall–Kier alpha value is -2.41. The molecule has 0 heterocycles. The van der Waals surface area contributed by atoms with Gasteiger partial charge in [-0.25, -0.2) is 0 Å². The third-order valence-corrected chi connectivity index (χ3v) is 4.66. The number of methoxy groups -OCH3 is 3. The van der Waals surface area contributed by atoms with Crippen molar-refractivity contribution in [2.45, 2.75) is 24.9 Å². The SMILES string of the molecule is COC(=O)[C@H]1C(=O)C[C@](C)(O)[C@H](C(=O)OC)[C@H]1c1cccc(OC)c1. The maximum Gasteiger partial charge on any atom is 0.316 e. The number of Topliss-reactive ketones (excluding diaryl/α,β-unsaturated/α-hetero) is 1. The molecule has 0 spiro atoms. The lowest BCUT2D eigenvalue weighted by Crippen LogP contribution is -2.55. The molecule has 0 aromatic heterocycles. The Labute approximate surface area is 145 Å². The summed E-state index contributed by atoms with van der Waals surface area (Å²) in [7, 11) is 3.86. The summed E-state index contributed by atoms with van der Waals surface area (Å²) in [5.41, 5.74) is -1.14. The van der Waals surface area contributed by atoms with Gasteiger partial charge in [-0.1, -0.05) is 12.1 Å². The van der Waals surface area contributed by atoms with Crippen LogP contribution in [0.1, 0.15) is 24.8 Å². The Kier molecular flexibility index (Phi) is 5.47. The fourth-order valence-electron chi connectivity index (χ4n) is 3.52. The Morgan fingerprint density at radius 3 is 2.36 bits per heavy atom. The summed E-state index contributed by atoms with van der Waals surface area (Å²) in [6.07, 6.45) is -0.340. The molecule has 4 atom stereocenters. The average molecular weight is 350 g/mol. The highest BCUT2D eigenvalue weighted by molar-refractivity contribution is 6.02. The standard InChI is InChI=1S/C18H22O7/c1-18(22)9-12(19)14(16(20)24-3)13(15(18)17(21)25-4)10-6-5-7-11(8-10)23-2/h5-8,13-15,22H,9H2,1-4H3/t13-,14-,15-,18-/m0/s1. The number of ketones is 1. The largest absolute Gasteiger partial charge is 0.497 e. The molecule has 1 aliphatic carbocycles.